The highest BCUT2D eigenvalue weighted by molar-refractivity contribution is 5.89. The zero-order chi connectivity index (χ0) is 14.3. The van der Waals surface area contributed by atoms with Gasteiger partial charge < -0.3 is 20.5 Å². The molecule has 18 heavy (non-hydrogen) atoms. The second-order valence-electron chi connectivity index (χ2n) is 4.27. The lowest BCUT2D eigenvalue weighted by atomic mass is 10.0. The summed E-state index contributed by atoms with van der Waals surface area (Å²) in [6.07, 6.45) is -0.128. The fourth-order valence-electron chi connectivity index (χ4n) is 1.35. The zero-order valence-electron chi connectivity index (χ0n) is 10.6. The van der Waals surface area contributed by atoms with Crippen molar-refractivity contribution in [1.29, 1.82) is 0 Å². The molecule has 0 unspecified atom stereocenters. The first-order valence-electron chi connectivity index (χ1n) is 5.52. The van der Waals surface area contributed by atoms with Crippen LogP contribution in [0.5, 0.6) is 0 Å². The quantitative estimate of drug-likeness (QED) is 0.523. The number of carbonyl (C=O) groups is 4. The molecule has 0 spiro atoms. The predicted molar refractivity (Wildman–Crippen MR) is 62.7 cm³/mol. The first-order valence-corrected chi connectivity index (χ1v) is 5.52. The van der Waals surface area contributed by atoms with Crippen LogP contribution in [0.1, 0.15) is 27.2 Å². The van der Waals surface area contributed by atoms with Crippen LogP contribution in [-0.4, -0.2) is 41.3 Å². The van der Waals surface area contributed by atoms with Crippen LogP contribution in [0.25, 0.3) is 0 Å². The van der Waals surface area contributed by atoms with Gasteiger partial charge in [-0.05, 0) is 5.92 Å². The van der Waals surface area contributed by atoms with Gasteiger partial charge in [-0.15, -0.1) is 0 Å². The molecule has 0 heterocycles. The van der Waals surface area contributed by atoms with Crippen LogP contribution in [0.4, 0.5) is 0 Å². The van der Waals surface area contributed by atoms with Gasteiger partial charge in [-0.2, -0.15) is 0 Å². The predicted octanol–water partition coefficient (Wildman–Crippen LogP) is -0.694. The third-order valence-corrected chi connectivity index (χ3v) is 2.19. The van der Waals surface area contributed by atoms with Gasteiger partial charge in [0.25, 0.3) is 0 Å². The van der Waals surface area contributed by atoms with E-state index in [1.165, 1.54) is 6.92 Å². The van der Waals surface area contributed by atoms with Gasteiger partial charge in [-0.25, -0.2) is 0 Å². The molecule has 0 aliphatic heterocycles. The van der Waals surface area contributed by atoms with E-state index in [9.17, 15) is 19.2 Å². The summed E-state index contributed by atoms with van der Waals surface area (Å²) in [5, 5.41) is 13.3. The van der Waals surface area contributed by atoms with E-state index in [1.54, 1.807) is 13.8 Å². The number of carbonyl (C=O) groups excluding carboxylic acids is 3. The summed E-state index contributed by atoms with van der Waals surface area (Å²) in [6.45, 7) is 4.73. The minimum Gasteiger partial charge on any atom is -0.481 e. The highest BCUT2D eigenvalue weighted by Crippen LogP contribution is 2.02. The van der Waals surface area contributed by atoms with Crippen LogP contribution in [0.15, 0.2) is 0 Å². The molecule has 7 heteroatoms. The summed E-state index contributed by atoms with van der Waals surface area (Å²) in [5.41, 5.74) is 0. The van der Waals surface area contributed by atoms with Gasteiger partial charge in [0.05, 0.1) is 12.5 Å². The van der Waals surface area contributed by atoms with E-state index in [0.29, 0.717) is 6.29 Å². The molecule has 0 aliphatic carbocycles. The summed E-state index contributed by atoms with van der Waals surface area (Å²) >= 11 is 0. The van der Waals surface area contributed by atoms with E-state index < -0.39 is 30.4 Å². The van der Waals surface area contributed by atoms with Gasteiger partial charge in [0.1, 0.15) is 12.3 Å². The Bertz CT molecular complexity index is 340. The smallest absolute Gasteiger partial charge is 0.305 e. The molecule has 0 aromatic rings. The molecule has 7 nitrogen and oxygen atoms in total. The van der Waals surface area contributed by atoms with Crippen molar-refractivity contribution in [2.24, 2.45) is 5.92 Å². The second-order valence-corrected chi connectivity index (χ2v) is 4.27. The Morgan fingerprint density at radius 2 is 1.78 bits per heavy atom. The molecular weight excluding hydrogens is 240 g/mol. The average Bonchev–Trinajstić information content (AvgIpc) is 2.23. The lowest BCUT2D eigenvalue weighted by Crippen LogP contribution is -2.52. The van der Waals surface area contributed by atoms with Crippen molar-refractivity contribution in [1.82, 2.24) is 10.6 Å². The molecule has 3 N–H and O–H groups in total. The fourth-order valence-corrected chi connectivity index (χ4v) is 1.35. The number of hydrogen-bond donors (Lipinski definition) is 3. The Kier molecular flexibility index (Phi) is 6.62. The molecule has 0 aliphatic rings. The summed E-state index contributed by atoms with van der Waals surface area (Å²) in [4.78, 5) is 43.8. The number of hydrogen-bond acceptors (Lipinski definition) is 4. The topological polar surface area (TPSA) is 113 Å². The minimum atomic E-state index is -1.19. The Hall–Kier alpha value is -1.92. The normalized spacial score (nSPS) is 13.6. The highest BCUT2D eigenvalue weighted by Gasteiger charge is 2.25. The van der Waals surface area contributed by atoms with Gasteiger partial charge in [-0.1, -0.05) is 13.8 Å². The fraction of sp³-hybridized carbons (Fsp3) is 0.636. The molecular formula is C11H18N2O5. The Balaban J connectivity index is 4.62. The maximum absolute atomic E-state index is 11.8. The average molecular weight is 258 g/mol. The van der Waals surface area contributed by atoms with Crippen LogP contribution < -0.4 is 10.6 Å². The van der Waals surface area contributed by atoms with Crippen LogP contribution >= 0.6 is 0 Å². The summed E-state index contributed by atoms with van der Waals surface area (Å²) in [7, 11) is 0. The maximum atomic E-state index is 11.8. The van der Waals surface area contributed by atoms with Gasteiger partial charge in [0.15, 0.2) is 0 Å². The monoisotopic (exact) mass is 258 g/mol. The number of nitrogens with one attached hydrogen (secondary N) is 2. The van der Waals surface area contributed by atoms with Crippen molar-refractivity contribution in [3.63, 3.8) is 0 Å². The van der Waals surface area contributed by atoms with Gasteiger partial charge in [-0.3, -0.25) is 14.4 Å². The largest absolute Gasteiger partial charge is 0.481 e. The van der Waals surface area contributed by atoms with E-state index in [2.05, 4.69) is 10.6 Å². The highest BCUT2D eigenvalue weighted by atomic mass is 16.4. The molecule has 102 valence electrons. The second kappa shape index (κ2) is 7.41. The third-order valence-electron chi connectivity index (χ3n) is 2.19. The van der Waals surface area contributed by atoms with Crippen LogP contribution in [0, 0.1) is 5.92 Å². The molecule has 0 rings (SSSR count). The van der Waals surface area contributed by atoms with E-state index in [-0.39, 0.29) is 11.8 Å². The summed E-state index contributed by atoms with van der Waals surface area (Å²) < 4.78 is 0. The van der Waals surface area contributed by atoms with Crippen molar-refractivity contribution in [3.8, 4) is 0 Å². The number of rotatable bonds is 7. The van der Waals surface area contributed by atoms with Crippen molar-refractivity contribution < 1.29 is 24.3 Å². The van der Waals surface area contributed by atoms with Crippen LogP contribution in [0.2, 0.25) is 0 Å². The van der Waals surface area contributed by atoms with E-state index in [4.69, 9.17) is 5.11 Å². The van der Waals surface area contributed by atoms with Crippen molar-refractivity contribution in [3.05, 3.63) is 0 Å². The number of amides is 2. The molecule has 0 aromatic carbocycles. The molecule has 0 fully saturated rings. The standard InChI is InChI=1S/C11H18N2O5/c1-6(2)10(12-7(3)15)11(18)13-8(5-14)4-9(16)17/h5-6,8,10H,4H2,1-3H3,(H,12,15)(H,13,18)(H,16,17)/t8-,10-/m0/s1. The van der Waals surface area contributed by atoms with Gasteiger partial charge >= 0.3 is 5.97 Å². The molecule has 2 atom stereocenters. The SMILES string of the molecule is CC(=O)N[C@H](C(=O)N[C@H](C=O)CC(=O)O)C(C)C. The van der Waals surface area contributed by atoms with Crippen molar-refractivity contribution in [2.75, 3.05) is 0 Å². The molecule has 0 aromatic heterocycles. The van der Waals surface area contributed by atoms with E-state index in [0.717, 1.165) is 0 Å². The van der Waals surface area contributed by atoms with Crippen LogP contribution in [-0.2, 0) is 19.2 Å². The van der Waals surface area contributed by atoms with E-state index in [1.807, 2.05) is 0 Å². The van der Waals surface area contributed by atoms with Gasteiger partial charge in [0, 0.05) is 6.92 Å². The minimum absolute atomic E-state index is 0.175. The Morgan fingerprint density at radius 3 is 2.11 bits per heavy atom. The summed E-state index contributed by atoms with van der Waals surface area (Å²) in [5.74, 6) is -2.30. The zero-order valence-corrected chi connectivity index (χ0v) is 10.6. The third kappa shape index (κ3) is 5.97. The maximum Gasteiger partial charge on any atom is 0.305 e. The Labute approximate surface area is 105 Å². The number of carboxylic acids is 1. The number of aliphatic carboxylic acids is 1. The lowest BCUT2D eigenvalue weighted by molar-refractivity contribution is -0.139. The van der Waals surface area contributed by atoms with Gasteiger partial charge in [0.2, 0.25) is 11.8 Å². The number of aldehydes is 1. The molecule has 0 bridgehead atoms. The molecule has 2 amide bonds. The molecule has 0 saturated heterocycles. The van der Waals surface area contributed by atoms with Crippen LogP contribution in [0.3, 0.4) is 0 Å². The molecule has 0 radical (unpaired) electrons. The summed E-state index contributed by atoms with van der Waals surface area (Å²) in [6, 6.07) is -1.89. The van der Waals surface area contributed by atoms with Crippen molar-refractivity contribution >= 4 is 24.1 Å². The lowest BCUT2D eigenvalue weighted by Gasteiger charge is -2.22. The van der Waals surface area contributed by atoms with Crippen molar-refractivity contribution in [2.45, 2.75) is 39.3 Å². The first kappa shape index (κ1) is 16.1. The Morgan fingerprint density at radius 1 is 1.22 bits per heavy atom. The molecule has 0 saturated carbocycles. The van der Waals surface area contributed by atoms with E-state index >= 15 is 0 Å². The first-order chi connectivity index (χ1) is 8.27. The number of carboxylic acid groups (broad SMARTS) is 1.